The van der Waals surface area contributed by atoms with Gasteiger partial charge in [0.25, 0.3) is 0 Å². The molecule has 0 unspecified atom stereocenters. The lowest BCUT2D eigenvalue weighted by molar-refractivity contribution is -0.157. The average Bonchev–Trinajstić information content (AvgIpc) is 2.38. The first-order chi connectivity index (χ1) is 9.28. The second-order valence-corrected chi connectivity index (χ2v) is 5.46. The van der Waals surface area contributed by atoms with E-state index in [-0.39, 0.29) is 18.9 Å². The van der Waals surface area contributed by atoms with Crippen molar-refractivity contribution in [2.45, 2.75) is 27.7 Å². The van der Waals surface area contributed by atoms with Crippen molar-refractivity contribution < 1.29 is 14.3 Å². The molecule has 0 bridgehead atoms. The molecule has 20 heavy (non-hydrogen) atoms. The predicted octanol–water partition coefficient (Wildman–Crippen LogP) is 2.59. The summed E-state index contributed by atoms with van der Waals surface area (Å²) in [4.78, 5) is 26.0. The zero-order valence-corrected chi connectivity index (χ0v) is 12.9. The van der Waals surface area contributed by atoms with Gasteiger partial charge in [0.15, 0.2) is 5.78 Å². The summed E-state index contributed by atoms with van der Waals surface area (Å²) in [6.45, 7) is 7.41. The molecule has 0 radical (unpaired) electrons. The van der Waals surface area contributed by atoms with Gasteiger partial charge in [-0.3, -0.25) is 9.59 Å². The number of Topliss-reactive ketones (excluding diaryl/α,β-unsaturated/α-hetero) is 1. The Morgan fingerprint density at radius 3 is 2.50 bits per heavy atom. The topological polar surface area (TPSA) is 46.6 Å². The molecule has 1 rings (SSSR count). The molecule has 0 amide bonds. The van der Waals surface area contributed by atoms with E-state index in [4.69, 9.17) is 4.74 Å². The standard InChI is InChI=1S/C16H23NO3/c1-6-20-15(19)16(3,4)14(18)11-17(5)13-9-7-8-12(2)10-13/h7-10H,6,11H2,1-5H3. The maximum Gasteiger partial charge on any atom is 0.319 e. The van der Waals surface area contributed by atoms with E-state index in [1.807, 2.05) is 43.1 Å². The van der Waals surface area contributed by atoms with Crippen LogP contribution >= 0.6 is 0 Å². The monoisotopic (exact) mass is 277 g/mol. The lowest BCUT2D eigenvalue weighted by Gasteiger charge is -2.25. The summed E-state index contributed by atoms with van der Waals surface area (Å²) in [5, 5.41) is 0. The summed E-state index contributed by atoms with van der Waals surface area (Å²) < 4.78 is 4.96. The molecule has 0 aliphatic carbocycles. The quantitative estimate of drug-likeness (QED) is 0.592. The third-order valence-electron chi connectivity index (χ3n) is 3.31. The summed E-state index contributed by atoms with van der Waals surface area (Å²) in [6, 6.07) is 7.89. The average molecular weight is 277 g/mol. The largest absolute Gasteiger partial charge is 0.465 e. The van der Waals surface area contributed by atoms with Gasteiger partial charge in [-0.25, -0.2) is 0 Å². The van der Waals surface area contributed by atoms with E-state index in [2.05, 4.69) is 0 Å². The second kappa shape index (κ2) is 6.55. The van der Waals surface area contributed by atoms with Crippen LogP contribution in [0.4, 0.5) is 5.69 Å². The number of esters is 1. The molecule has 0 saturated heterocycles. The molecule has 0 heterocycles. The molecule has 4 nitrogen and oxygen atoms in total. The Bertz CT molecular complexity index is 494. The lowest BCUT2D eigenvalue weighted by atomic mass is 9.88. The fourth-order valence-electron chi connectivity index (χ4n) is 1.80. The van der Waals surface area contributed by atoms with E-state index in [1.165, 1.54) is 0 Å². The molecule has 0 aliphatic heterocycles. The third kappa shape index (κ3) is 3.83. The van der Waals surface area contributed by atoms with Crippen molar-refractivity contribution in [1.29, 1.82) is 0 Å². The van der Waals surface area contributed by atoms with Gasteiger partial charge in [-0.1, -0.05) is 12.1 Å². The number of carbonyl (C=O) groups excluding carboxylic acids is 2. The highest BCUT2D eigenvalue weighted by atomic mass is 16.5. The number of ketones is 1. The summed E-state index contributed by atoms with van der Waals surface area (Å²) in [5.74, 6) is -0.623. The van der Waals surface area contributed by atoms with Crippen LogP contribution in [0.2, 0.25) is 0 Å². The van der Waals surface area contributed by atoms with Crippen LogP contribution in [0.3, 0.4) is 0 Å². The number of hydrogen-bond donors (Lipinski definition) is 0. The van der Waals surface area contributed by atoms with E-state index >= 15 is 0 Å². The molecule has 0 atom stereocenters. The van der Waals surface area contributed by atoms with Crippen LogP contribution < -0.4 is 4.90 Å². The lowest BCUT2D eigenvalue weighted by Crippen LogP contribution is -2.41. The van der Waals surface area contributed by atoms with Gasteiger partial charge < -0.3 is 9.64 Å². The first-order valence-corrected chi connectivity index (χ1v) is 6.77. The number of hydrogen-bond acceptors (Lipinski definition) is 4. The minimum absolute atomic E-state index is 0.153. The molecule has 1 aromatic rings. The van der Waals surface area contributed by atoms with Gasteiger partial charge in [0.2, 0.25) is 0 Å². The van der Waals surface area contributed by atoms with Crippen LogP contribution in [0.1, 0.15) is 26.3 Å². The Hall–Kier alpha value is -1.84. The Kier molecular flexibility index (Phi) is 5.31. The maximum atomic E-state index is 12.3. The SMILES string of the molecule is CCOC(=O)C(C)(C)C(=O)CN(C)c1cccc(C)c1. The fraction of sp³-hybridized carbons (Fsp3) is 0.500. The number of carbonyl (C=O) groups is 2. The van der Waals surface area contributed by atoms with Crippen LogP contribution in [-0.4, -0.2) is 32.0 Å². The summed E-state index contributed by atoms with van der Waals surface area (Å²) in [6.07, 6.45) is 0. The van der Waals surface area contributed by atoms with E-state index in [1.54, 1.807) is 20.8 Å². The molecular weight excluding hydrogens is 254 g/mol. The smallest absolute Gasteiger partial charge is 0.319 e. The summed E-state index contributed by atoms with van der Waals surface area (Å²) >= 11 is 0. The van der Waals surface area contributed by atoms with Gasteiger partial charge in [0.05, 0.1) is 13.2 Å². The third-order valence-corrected chi connectivity index (χ3v) is 3.31. The van der Waals surface area contributed by atoms with E-state index in [9.17, 15) is 9.59 Å². The van der Waals surface area contributed by atoms with Crippen molar-refractivity contribution in [3.63, 3.8) is 0 Å². The van der Waals surface area contributed by atoms with Crippen molar-refractivity contribution in [3.8, 4) is 0 Å². The van der Waals surface area contributed by atoms with Crippen molar-refractivity contribution in [2.24, 2.45) is 5.41 Å². The highest BCUT2D eigenvalue weighted by Crippen LogP contribution is 2.21. The number of rotatable bonds is 6. The molecule has 4 heteroatoms. The highest BCUT2D eigenvalue weighted by molar-refractivity contribution is 6.04. The van der Waals surface area contributed by atoms with Crippen LogP contribution in [0.15, 0.2) is 24.3 Å². The van der Waals surface area contributed by atoms with Gasteiger partial charge in [-0.2, -0.15) is 0 Å². The molecule has 1 aromatic carbocycles. The molecule has 0 aromatic heterocycles. The van der Waals surface area contributed by atoms with Gasteiger partial charge in [-0.15, -0.1) is 0 Å². The number of anilines is 1. The normalized spacial score (nSPS) is 11.1. The minimum atomic E-state index is -1.12. The van der Waals surface area contributed by atoms with E-state index < -0.39 is 11.4 Å². The van der Waals surface area contributed by atoms with E-state index in [0.29, 0.717) is 0 Å². The molecular formula is C16H23NO3. The van der Waals surface area contributed by atoms with Crippen molar-refractivity contribution in [2.75, 3.05) is 25.1 Å². The van der Waals surface area contributed by atoms with E-state index in [0.717, 1.165) is 11.3 Å². The van der Waals surface area contributed by atoms with Gasteiger partial charge in [0, 0.05) is 12.7 Å². The molecule has 0 saturated carbocycles. The number of ether oxygens (including phenoxy) is 1. The van der Waals surface area contributed by atoms with Crippen molar-refractivity contribution in [3.05, 3.63) is 29.8 Å². The number of aryl methyl sites for hydroxylation is 1. The number of likely N-dealkylation sites (N-methyl/N-ethyl adjacent to an activating group) is 1. The van der Waals surface area contributed by atoms with Crippen LogP contribution in [0.25, 0.3) is 0 Å². The van der Waals surface area contributed by atoms with Crippen LogP contribution in [0.5, 0.6) is 0 Å². The van der Waals surface area contributed by atoms with Gasteiger partial charge >= 0.3 is 5.97 Å². The Balaban J connectivity index is 2.77. The molecule has 0 N–H and O–H groups in total. The number of nitrogens with zero attached hydrogens (tertiary/aromatic N) is 1. The zero-order valence-electron chi connectivity index (χ0n) is 12.9. The Labute approximate surface area is 120 Å². The Morgan fingerprint density at radius 2 is 1.95 bits per heavy atom. The predicted molar refractivity (Wildman–Crippen MR) is 79.9 cm³/mol. The highest BCUT2D eigenvalue weighted by Gasteiger charge is 2.37. The zero-order chi connectivity index (χ0) is 15.3. The molecule has 0 spiro atoms. The van der Waals surface area contributed by atoms with Gasteiger partial charge in [0.1, 0.15) is 5.41 Å². The fourth-order valence-corrected chi connectivity index (χ4v) is 1.80. The molecule has 0 fully saturated rings. The molecule has 0 aliphatic rings. The first-order valence-electron chi connectivity index (χ1n) is 6.77. The van der Waals surface area contributed by atoms with Crippen molar-refractivity contribution in [1.82, 2.24) is 0 Å². The van der Waals surface area contributed by atoms with Crippen LogP contribution in [-0.2, 0) is 14.3 Å². The number of benzene rings is 1. The first kappa shape index (κ1) is 16.2. The Morgan fingerprint density at radius 1 is 1.30 bits per heavy atom. The summed E-state index contributed by atoms with van der Waals surface area (Å²) in [7, 11) is 1.84. The van der Waals surface area contributed by atoms with Gasteiger partial charge in [-0.05, 0) is 45.4 Å². The summed E-state index contributed by atoms with van der Waals surface area (Å²) in [5.41, 5.74) is 0.970. The maximum absolute atomic E-state index is 12.3. The van der Waals surface area contributed by atoms with Crippen molar-refractivity contribution >= 4 is 17.4 Å². The second-order valence-electron chi connectivity index (χ2n) is 5.46. The molecule has 110 valence electrons. The van der Waals surface area contributed by atoms with Crippen LogP contribution in [0, 0.1) is 12.3 Å². The minimum Gasteiger partial charge on any atom is -0.465 e.